The summed E-state index contributed by atoms with van der Waals surface area (Å²) in [5.74, 6) is 0.818. The molecule has 0 unspecified atom stereocenters. The first-order valence-corrected chi connectivity index (χ1v) is 7.74. The molecule has 0 bridgehead atoms. The fourth-order valence-corrected chi connectivity index (χ4v) is 2.27. The van der Waals surface area contributed by atoms with E-state index < -0.39 is 0 Å². The molecule has 0 aliphatic heterocycles. The van der Waals surface area contributed by atoms with Gasteiger partial charge in [0.15, 0.2) is 0 Å². The van der Waals surface area contributed by atoms with Crippen molar-refractivity contribution < 1.29 is 4.39 Å². The summed E-state index contributed by atoms with van der Waals surface area (Å²) in [6.45, 7) is 4.40. The molecular formula is C18H18FN5. The van der Waals surface area contributed by atoms with Crippen LogP contribution in [0.1, 0.15) is 12.5 Å². The van der Waals surface area contributed by atoms with Gasteiger partial charge in [-0.25, -0.2) is 9.37 Å². The van der Waals surface area contributed by atoms with Gasteiger partial charge in [0.2, 0.25) is 5.95 Å². The van der Waals surface area contributed by atoms with Crippen molar-refractivity contribution in [3.8, 4) is 11.4 Å². The monoisotopic (exact) mass is 323 g/mol. The Morgan fingerprint density at radius 1 is 1.04 bits per heavy atom. The molecule has 24 heavy (non-hydrogen) atoms. The van der Waals surface area contributed by atoms with E-state index >= 15 is 0 Å². The van der Waals surface area contributed by atoms with Crippen LogP contribution in [0.25, 0.3) is 11.4 Å². The average Bonchev–Trinajstić information content (AvgIpc) is 2.60. The zero-order valence-corrected chi connectivity index (χ0v) is 13.5. The Hall–Kier alpha value is -3.02. The summed E-state index contributed by atoms with van der Waals surface area (Å²) in [6, 6.07) is 12.4. The smallest absolute Gasteiger partial charge is 0.225 e. The molecule has 0 saturated carbocycles. The zero-order chi connectivity index (χ0) is 16.9. The molecule has 0 atom stereocenters. The van der Waals surface area contributed by atoms with Crippen molar-refractivity contribution in [2.75, 3.05) is 17.2 Å². The number of aromatic nitrogens is 3. The average molecular weight is 323 g/mol. The van der Waals surface area contributed by atoms with Crippen molar-refractivity contribution in [3.05, 3.63) is 60.0 Å². The Kier molecular flexibility index (Phi) is 4.65. The van der Waals surface area contributed by atoms with Gasteiger partial charge in [0.05, 0.1) is 11.4 Å². The maximum Gasteiger partial charge on any atom is 0.225 e. The minimum absolute atomic E-state index is 0.258. The highest BCUT2D eigenvalue weighted by Gasteiger charge is 2.09. The van der Waals surface area contributed by atoms with Crippen LogP contribution < -0.4 is 10.6 Å². The Morgan fingerprint density at radius 3 is 2.67 bits per heavy atom. The number of nitrogens with one attached hydrogen (secondary N) is 2. The largest absolute Gasteiger partial charge is 0.354 e. The predicted octanol–water partition coefficient (Wildman–Crippen LogP) is 4.16. The molecule has 5 nitrogen and oxygen atoms in total. The van der Waals surface area contributed by atoms with E-state index in [1.165, 1.54) is 6.07 Å². The highest BCUT2D eigenvalue weighted by molar-refractivity contribution is 5.66. The summed E-state index contributed by atoms with van der Waals surface area (Å²) in [5.41, 5.74) is 2.65. The molecule has 3 rings (SSSR count). The summed E-state index contributed by atoms with van der Waals surface area (Å²) < 4.78 is 13.7. The van der Waals surface area contributed by atoms with Crippen molar-refractivity contribution in [3.63, 3.8) is 0 Å². The van der Waals surface area contributed by atoms with Crippen LogP contribution in [0.5, 0.6) is 0 Å². The molecule has 0 spiro atoms. The molecule has 1 aromatic carbocycles. The van der Waals surface area contributed by atoms with E-state index in [-0.39, 0.29) is 5.82 Å². The van der Waals surface area contributed by atoms with Crippen molar-refractivity contribution in [1.82, 2.24) is 15.0 Å². The minimum Gasteiger partial charge on any atom is -0.354 e. The number of nitrogens with zero attached hydrogens (tertiary/aromatic N) is 3. The minimum atomic E-state index is -0.258. The lowest BCUT2D eigenvalue weighted by Crippen LogP contribution is -2.06. The number of halogens is 1. The van der Waals surface area contributed by atoms with Crippen LogP contribution >= 0.6 is 0 Å². The lowest BCUT2D eigenvalue weighted by atomic mass is 10.2. The van der Waals surface area contributed by atoms with Crippen molar-refractivity contribution in [1.29, 1.82) is 0 Å². The fraction of sp³-hybridized carbons (Fsp3) is 0.167. The van der Waals surface area contributed by atoms with Crippen LogP contribution in [-0.2, 0) is 0 Å². The van der Waals surface area contributed by atoms with E-state index in [2.05, 4.69) is 25.6 Å². The van der Waals surface area contributed by atoms with E-state index in [1.54, 1.807) is 25.3 Å². The second kappa shape index (κ2) is 7.04. The Morgan fingerprint density at radius 2 is 1.92 bits per heavy atom. The van der Waals surface area contributed by atoms with Crippen LogP contribution in [0.4, 0.5) is 21.8 Å². The Bertz CT molecular complexity index is 836. The molecule has 2 heterocycles. The van der Waals surface area contributed by atoms with Crippen molar-refractivity contribution >= 4 is 17.5 Å². The van der Waals surface area contributed by atoms with E-state index in [0.29, 0.717) is 35.3 Å². The number of rotatable bonds is 5. The third-order valence-electron chi connectivity index (χ3n) is 3.52. The molecule has 2 N–H and O–H groups in total. The Balaban J connectivity index is 2.00. The van der Waals surface area contributed by atoms with Crippen LogP contribution in [0, 0.1) is 12.7 Å². The van der Waals surface area contributed by atoms with E-state index in [4.69, 9.17) is 0 Å². The third kappa shape index (κ3) is 3.48. The molecule has 0 amide bonds. The van der Waals surface area contributed by atoms with Gasteiger partial charge in [0, 0.05) is 30.1 Å². The molecule has 0 aliphatic rings. The number of benzene rings is 1. The van der Waals surface area contributed by atoms with Gasteiger partial charge in [-0.1, -0.05) is 12.1 Å². The van der Waals surface area contributed by atoms with Gasteiger partial charge in [-0.05, 0) is 38.1 Å². The first-order chi connectivity index (χ1) is 11.7. The van der Waals surface area contributed by atoms with Crippen molar-refractivity contribution in [2.45, 2.75) is 13.8 Å². The quantitative estimate of drug-likeness (QED) is 0.738. The normalized spacial score (nSPS) is 10.5. The summed E-state index contributed by atoms with van der Waals surface area (Å²) in [6.07, 6.45) is 1.72. The molecule has 2 aromatic heterocycles. The van der Waals surface area contributed by atoms with Crippen LogP contribution in [0.2, 0.25) is 0 Å². The highest BCUT2D eigenvalue weighted by atomic mass is 19.1. The third-order valence-corrected chi connectivity index (χ3v) is 3.52. The second-order valence-electron chi connectivity index (χ2n) is 5.24. The van der Waals surface area contributed by atoms with Crippen molar-refractivity contribution in [2.24, 2.45) is 0 Å². The molecule has 6 heteroatoms. The van der Waals surface area contributed by atoms with E-state index in [9.17, 15) is 4.39 Å². The van der Waals surface area contributed by atoms with E-state index in [0.717, 1.165) is 5.69 Å². The number of anilines is 3. The molecule has 0 aliphatic carbocycles. The number of hydrogen-bond acceptors (Lipinski definition) is 5. The summed E-state index contributed by atoms with van der Waals surface area (Å²) >= 11 is 0. The van der Waals surface area contributed by atoms with E-state index in [1.807, 2.05) is 31.2 Å². The first-order valence-electron chi connectivity index (χ1n) is 7.74. The molecule has 122 valence electrons. The lowest BCUT2D eigenvalue weighted by molar-refractivity contribution is 0.619. The maximum atomic E-state index is 13.7. The first kappa shape index (κ1) is 15.9. The summed E-state index contributed by atoms with van der Waals surface area (Å²) in [5, 5.41) is 6.27. The van der Waals surface area contributed by atoms with Gasteiger partial charge in [0.1, 0.15) is 11.6 Å². The molecule has 0 radical (unpaired) electrons. The van der Waals surface area contributed by atoms with Crippen LogP contribution in [-0.4, -0.2) is 21.5 Å². The maximum absolute atomic E-state index is 13.7. The second-order valence-corrected chi connectivity index (χ2v) is 5.24. The molecular weight excluding hydrogens is 305 g/mol. The highest BCUT2D eigenvalue weighted by Crippen LogP contribution is 2.25. The van der Waals surface area contributed by atoms with Crippen LogP contribution in [0.15, 0.2) is 48.7 Å². The zero-order valence-electron chi connectivity index (χ0n) is 13.5. The van der Waals surface area contributed by atoms with Gasteiger partial charge >= 0.3 is 0 Å². The van der Waals surface area contributed by atoms with Gasteiger partial charge in [-0.3, -0.25) is 4.98 Å². The summed E-state index contributed by atoms with van der Waals surface area (Å²) in [7, 11) is 0. The number of pyridine rings is 1. The molecule has 0 fully saturated rings. The lowest BCUT2D eigenvalue weighted by Gasteiger charge is -2.12. The van der Waals surface area contributed by atoms with Gasteiger partial charge in [0.25, 0.3) is 0 Å². The predicted molar refractivity (Wildman–Crippen MR) is 93.8 cm³/mol. The van der Waals surface area contributed by atoms with Crippen LogP contribution in [0.3, 0.4) is 0 Å². The topological polar surface area (TPSA) is 62.7 Å². The number of hydrogen-bond donors (Lipinski definition) is 2. The molecule has 3 aromatic rings. The van der Waals surface area contributed by atoms with Gasteiger partial charge < -0.3 is 10.6 Å². The Labute approximate surface area is 140 Å². The standard InChI is InChI=1S/C18H18FN5/c1-3-20-18-23-16(15-8-4-5-10-21-15)11-17(24-18)22-14-9-6-7-13(19)12(14)2/h4-11H,3H2,1-2H3,(H2,20,22,23,24). The SMILES string of the molecule is CCNc1nc(Nc2cccc(F)c2C)cc(-c2ccccn2)n1. The molecule has 0 saturated heterocycles. The fourth-order valence-electron chi connectivity index (χ4n) is 2.27. The summed E-state index contributed by atoms with van der Waals surface area (Å²) in [4.78, 5) is 13.2. The van der Waals surface area contributed by atoms with Gasteiger partial charge in [-0.2, -0.15) is 4.98 Å². The van der Waals surface area contributed by atoms with Gasteiger partial charge in [-0.15, -0.1) is 0 Å².